The molecular formula is C11H16N4S. The number of nitrogens with zero attached hydrogens (tertiary/aromatic N) is 3. The molecular weight excluding hydrogens is 220 g/mol. The van der Waals surface area contributed by atoms with Gasteiger partial charge >= 0.3 is 0 Å². The van der Waals surface area contributed by atoms with Gasteiger partial charge in [0, 0.05) is 18.3 Å². The van der Waals surface area contributed by atoms with E-state index in [1.807, 2.05) is 30.1 Å². The number of fused-ring (bicyclic) bond motifs is 1. The molecule has 5 heteroatoms. The molecule has 0 radical (unpaired) electrons. The molecule has 0 bridgehead atoms. The summed E-state index contributed by atoms with van der Waals surface area (Å²) in [7, 11) is 0. The van der Waals surface area contributed by atoms with Gasteiger partial charge < -0.3 is 5.32 Å². The first kappa shape index (κ1) is 11.3. The van der Waals surface area contributed by atoms with Crippen molar-refractivity contribution in [3.63, 3.8) is 0 Å². The van der Waals surface area contributed by atoms with E-state index < -0.39 is 0 Å². The maximum absolute atomic E-state index is 4.47. The van der Waals surface area contributed by atoms with Gasteiger partial charge in [0.05, 0.1) is 6.20 Å². The summed E-state index contributed by atoms with van der Waals surface area (Å²) >= 11 is 1.87. The van der Waals surface area contributed by atoms with Crippen molar-refractivity contribution in [1.82, 2.24) is 14.6 Å². The summed E-state index contributed by atoms with van der Waals surface area (Å²) in [6, 6.07) is 4.30. The molecule has 0 aliphatic rings. The van der Waals surface area contributed by atoms with E-state index in [1.54, 1.807) is 10.7 Å². The van der Waals surface area contributed by atoms with Crippen molar-refractivity contribution in [2.75, 3.05) is 17.3 Å². The first-order valence-electron chi connectivity index (χ1n) is 5.35. The molecule has 4 nitrogen and oxygen atoms in total. The normalized spacial score (nSPS) is 12.9. The Hall–Kier alpha value is -1.23. The van der Waals surface area contributed by atoms with Crippen molar-refractivity contribution in [3.05, 3.63) is 24.5 Å². The molecule has 2 aromatic heterocycles. The Bertz CT molecular complexity index is 454. The van der Waals surface area contributed by atoms with Crippen LogP contribution in [0.5, 0.6) is 0 Å². The van der Waals surface area contributed by atoms with E-state index >= 15 is 0 Å². The lowest BCUT2D eigenvalue weighted by molar-refractivity contribution is 0.766. The third-order valence-corrected chi connectivity index (χ3v) is 3.05. The van der Waals surface area contributed by atoms with Crippen LogP contribution in [0.15, 0.2) is 24.5 Å². The maximum atomic E-state index is 4.47. The van der Waals surface area contributed by atoms with Gasteiger partial charge in [-0.1, -0.05) is 0 Å². The van der Waals surface area contributed by atoms with Crippen molar-refractivity contribution in [3.8, 4) is 0 Å². The van der Waals surface area contributed by atoms with Crippen LogP contribution in [0.1, 0.15) is 13.3 Å². The quantitative estimate of drug-likeness (QED) is 0.865. The van der Waals surface area contributed by atoms with Gasteiger partial charge in [-0.15, -0.1) is 0 Å². The Morgan fingerprint density at radius 3 is 3.19 bits per heavy atom. The zero-order chi connectivity index (χ0) is 11.4. The van der Waals surface area contributed by atoms with E-state index in [4.69, 9.17) is 0 Å². The second-order valence-corrected chi connectivity index (χ2v) is 4.76. The molecule has 0 aliphatic heterocycles. The molecule has 1 unspecified atom stereocenters. The van der Waals surface area contributed by atoms with Gasteiger partial charge in [0.2, 0.25) is 0 Å². The summed E-state index contributed by atoms with van der Waals surface area (Å²) < 4.78 is 1.76. The number of hydrogen-bond acceptors (Lipinski definition) is 4. The Balaban J connectivity index is 2.03. The summed E-state index contributed by atoms with van der Waals surface area (Å²) in [5.41, 5.74) is 0.877. The van der Waals surface area contributed by atoms with Crippen LogP contribution in [0, 0.1) is 0 Å². The standard InChI is InChI=1S/C11H16N4S/c1-9(5-8-16-2)13-10-4-7-15-11(14-10)3-6-12-15/h3-4,6-7,9H,5,8H2,1-2H3,(H,13,14). The average Bonchev–Trinajstić information content (AvgIpc) is 2.73. The molecule has 2 aromatic rings. The van der Waals surface area contributed by atoms with Gasteiger partial charge in [-0.2, -0.15) is 16.9 Å². The SMILES string of the molecule is CSCCC(C)Nc1ccn2nccc2n1. The monoisotopic (exact) mass is 236 g/mol. The Morgan fingerprint density at radius 2 is 2.38 bits per heavy atom. The van der Waals surface area contributed by atoms with E-state index in [2.05, 4.69) is 28.6 Å². The van der Waals surface area contributed by atoms with Crippen LogP contribution in [-0.4, -0.2) is 32.6 Å². The fraction of sp³-hybridized carbons (Fsp3) is 0.455. The van der Waals surface area contributed by atoms with Gasteiger partial charge in [0.15, 0.2) is 5.65 Å². The summed E-state index contributed by atoms with van der Waals surface area (Å²) in [6.07, 6.45) is 6.95. The maximum Gasteiger partial charge on any atom is 0.157 e. The molecule has 86 valence electrons. The summed E-state index contributed by atoms with van der Waals surface area (Å²) in [5.74, 6) is 2.09. The smallest absolute Gasteiger partial charge is 0.157 e. The molecule has 0 fully saturated rings. The van der Waals surface area contributed by atoms with Gasteiger partial charge in [0.25, 0.3) is 0 Å². The fourth-order valence-electron chi connectivity index (χ4n) is 1.51. The molecule has 2 heterocycles. The summed E-state index contributed by atoms with van der Waals surface area (Å²) in [5, 5.41) is 7.50. The van der Waals surface area contributed by atoms with E-state index in [9.17, 15) is 0 Å². The van der Waals surface area contributed by atoms with Crippen molar-refractivity contribution in [2.45, 2.75) is 19.4 Å². The molecule has 2 rings (SSSR count). The van der Waals surface area contributed by atoms with Crippen LogP contribution in [-0.2, 0) is 0 Å². The molecule has 0 saturated carbocycles. The molecule has 0 amide bonds. The summed E-state index contributed by atoms with van der Waals surface area (Å²) in [4.78, 5) is 4.47. The highest BCUT2D eigenvalue weighted by atomic mass is 32.2. The number of hydrogen-bond donors (Lipinski definition) is 1. The number of anilines is 1. The third kappa shape index (κ3) is 2.66. The lowest BCUT2D eigenvalue weighted by Crippen LogP contribution is -2.17. The van der Waals surface area contributed by atoms with E-state index in [0.29, 0.717) is 6.04 Å². The third-order valence-electron chi connectivity index (χ3n) is 2.41. The lowest BCUT2D eigenvalue weighted by Gasteiger charge is -2.13. The second-order valence-electron chi connectivity index (χ2n) is 3.77. The van der Waals surface area contributed by atoms with Crippen LogP contribution in [0.4, 0.5) is 5.82 Å². The lowest BCUT2D eigenvalue weighted by atomic mass is 10.2. The summed E-state index contributed by atoms with van der Waals surface area (Å²) in [6.45, 7) is 2.18. The number of thioether (sulfide) groups is 1. The van der Waals surface area contributed by atoms with Gasteiger partial charge in [0.1, 0.15) is 5.82 Å². The number of rotatable bonds is 5. The van der Waals surface area contributed by atoms with Crippen LogP contribution in [0.2, 0.25) is 0 Å². The van der Waals surface area contributed by atoms with E-state index in [-0.39, 0.29) is 0 Å². The predicted octanol–water partition coefficient (Wildman–Crippen LogP) is 2.28. The van der Waals surface area contributed by atoms with Crippen LogP contribution >= 0.6 is 11.8 Å². The fourth-order valence-corrected chi connectivity index (χ4v) is 2.10. The molecule has 1 N–H and O–H groups in total. The molecule has 16 heavy (non-hydrogen) atoms. The zero-order valence-electron chi connectivity index (χ0n) is 9.55. The van der Waals surface area contributed by atoms with Gasteiger partial charge in [-0.3, -0.25) is 0 Å². The topological polar surface area (TPSA) is 42.2 Å². The Kier molecular flexibility index (Phi) is 3.66. The molecule has 0 aliphatic carbocycles. The molecule has 0 spiro atoms. The largest absolute Gasteiger partial charge is 0.367 e. The number of nitrogens with one attached hydrogen (secondary N) is 1. The van der Waals surface area contributed by atoms with Gasteiger partial charge in [-0.25, -0.2) is 9.50 Å². The highest BCUT2D eigenvalue weighted by Gasteiger charge is 2.03. The molecule has 1 atom stereocenters. The average molecular weight is 236 g/mol. The van der Waals surface area contributed by atoms with Crippen LogP contribution in [0.3, 0.4) is 0 Å². The van der Waals surface area contributed by atoms with Crippen molar-refractivity contribution in [1.29, 1.82) is 0 Å². The Morgan fingerprint density at radius 1 is 1.50 bits per heavy atom. The van der Waals surface area contributed by atoms with E-state index in [1.165, 1.54) is 5.75 Å². The molecule has 0 aromatic carbocycles. The van der Waals surface area contributed by atoms with Crippen molar-refractivity contribution < 1.29 is 0 Å². The van der Waals surface area contributed by atoms with Gasteiger partial charge in [-0.05, 0) is 31.4 Å². The minimum Gasteiger partial charge on any atom is -0.367 e. The zero-order valence-corrected chi connectivity index (χ0v) is 10.4. The predicted molar refractivity (Wildman–Crippen MR) is 69.1 cm³/mol. The van der Waals surface area contributed by atoms with Crippen LogP contribution < -0.4 is 5.32 Å². The first-order chi connectivity index (χ1) is 7.79. The highest BCUT2D eigenvalue weighted by Crippen LogP contribution is 2.09. The van der Waals surface area contributed by atoms with Crippen LogP contribution in [0.25, 0.3) is 5.65 Å². The second kappa shape index (κ2) is 5.21. The van der Waals surface area contributed by atoms with E-state index in [0.717, 1.165) is 17.9 Å². The Labute approximate surface area is 99.5 Å². The number of aromatic nitrogens is 3. The minimum absolute atomic E-state index is 0.449. The van der Waals surface area contributed by atoms with Crippen molar-refractivity contribution >= 4 is 23.2 Å². The minimum atomic E-state index is 0.449. The van der Waals surface area contributed by atoms with Crippen molar-refractivity contribution in [2.24, 2.45) is 0 Å². The first-order valence-corrected chi connectivity index (χ1v) is 6.75. The molecule has 0 saturated heterocycles. The highest BCUT2D eigenvalue weighted by molar-refractivity contribution is 7.98.